The molecule has 0 heterocycles. The van der Waals surface area contributed by atoms with Crippen molar-refractivity contribution in [3.8, 4) is 11.5 Å². The molecule has 2 rings (SSSR count). The standard InChI is InChI=1S/C15H14BrN3O2S/c1-21-13-8-10(7-12(16)14(13)20)9-17-19-15(22)18-11-5-3-2-4-6-11/h2-9,20H,1H3,(H2,18,19,22)/p+1/b17-9+. The van der Waals surface area contributed by atoms with E-state index in [9.17, 15) is 5.11 Å². The van der Waals surface area contributed by atoms with Gasteiger partial charge in [-0.1, -0.05) is 18.2 Å². The van der Waals surface area contributed by atoms with Crippen LogP contribution in [0.4, 0.5) is 5.69 Å². The molecule has 4 N–H and O–H groups in total. The summed E-state index contributed by atoms with van der Waals surface area (Å²) in [5.74, 6) is 0.446. The number of phenols is 1. The van der Waals surface area contributed by atoms with Gasteiger partial charge in [0, 0.05) is 11.3 Å². The van der Waals surface area contributed by atoms with Gasteiger partial charge in [0.05, 0.1) is 11.6 Å². The average Bonchev–Trinajstić information content (AvgIpc) is 2.51. The summed E-state index contributed by atoms with van der Waals surface area (Å²) in [6.45, 7) is 0. The van der Waals surface area contributed by atoms with Crippen LogP contribution >= 0.6 is 28.1 Å². The molecule has 5 nitrogen and oxygen atoms in total. The Morgan fingerprint density at radius 2 is 2.05 bits per heavy atom. The number of methoxy groups -OCH3 is 1. The maximum Gasteiger partial charge on any atom is 0.228 e. The van der Waals surface area contributed by atoms with Crippen LogP contribution in [0.5, 0.6) is 11.5 Å². The summed E-state index contributed by atoms with van der Waals surface area (Å²) in [5.41, 5.74) is 4.55. The van der Waals surface area contributed by atoms with Gasteiger partial charge in [-0.05, 0) is 52.4 Å². The van der Waals surface area contributed by atoms with Gasteiger partial charge >= 0.3 is 0 Å². The third-order valence-corrected chi connectivity index (χ3v) is 3.54. The molecule has 0 bridgehead atoms. The first-order chi connectivity index (χ1) is 10.6. The number of nitrogens with one attached hydrogen (secondary N) is 3. The van der Waals surface area contributed by atoms with Crippen LogP contribution in [-0.4, -0.2) is 23.5 Å². The number of hydrazone groups is 1. The van der Waals surface area contributed by atoms with Gasteiger partial charge in [-0.25, -0.2) is 0 Å². The number of phenolic OH excluding ortho intramolecular Hbond substituents is 1. The van der Waals surface area contributed by atoms with Gasteiger partial charge in [-0.2, -0.15) is 0 Å². The Morgan fingerprint density at radius 1 is 1.32 bits per heavy atom. The fraction of sp³-hybridized carbons (Fsp3) is 0.0667. The molecule has 0 atom stereocenters. The van der Waals surface area contributed by atoms with Crippen LogP contribution < -0.4 is 20.6 Å². The van der Waals surface area contributed by atoms with Gasteiger partial charge in [0.25, 0.3) is 0 Å². The molecule has 2 aromatic carbocycles. The topological polar surface area (TPSA) is 67.5 Å². The van der Waals surface area contributed by atoms with Crippen molar-refractivity contribution in [3.05, 3.63) is 52.5 Å². The first-order valence-electron chi connectivity index (χ1n) is 6.37. The van der Waals surface area contributed by atoms with Crippen LogP contribution in [0.1, 0.15) is 5.56 Å². The summed E-state index contributed by atoms with van der Waals surface area (Å²) in [6.07, 6.45) is 1.70. The highest BCUT2D eigenvalue weighted by Gasteiger charge is 2.08. The Kier molecular flexibility index (Phi) is 5.74. The normalized spacial score (nSPS) is 10.5. The Morgan fingerprint density at radius 3 is 2.73 bits per heavy atom. The predicted octanol–water partition coefficient (Wildman–Crippen LogP) is 1.56. The Bertz CT molecular complexity index is 693. The smallest absolute Gasteiger partial charge is 0.228 e. The van der Waals surface area contributed by atoms with Crippen molar-refractivity contribution in [1.29, 1.82) is 0 Å². The van der Waals surface area contributed by atoms with Crippen LogP contribution in [-0.2, 0) is 0 Å². The molecule has 0 spiro atoms. The van der Waals surface area contributed by atoms with Crippen molar-refractivity contribution in [2.45, 2.75) is 0 Å². The molecule has 0 radical (unpaired) electrons. The van der Waals surface area contributed by atoms with E-state index in [1.807, 2.05) is 30.3 Å². The number of aromatic hydroxyl groups is 1. The van der Waals surface area contributed by atoms with E-state index in [0.29, 0.717) is 15.3 Å². The summed E-state index contributed by atoms with van der Waals surface area (Å²) < 4.78 is 5.63. The Labute approximate surface area is 142 Å². The lowest BCUT2D eigenvalue weighted by Crippen LogP contribution is -2.82. The molecule has 0 saturated carbocycles. The van der Waals surface area contributed by atoms with E-state index < -0.39 is 0 Å². The Balaban J connectivity index is 1.98. The lowest BCUT2D eigenvalue weighted by atomic mass is 10.2. The minimum atomic E-state index is 0.0638. The molecule has 7 heteroatoms. The number of hydrazine groups is 1. The number of halogens is 1. The molecule has 0 fully saturated rings. The maximum atomic E-state index is 9.75. The van der Waals surface area contributed by atoms with E-state index in [1.165, 1.54) is 7.11 Å². The highest BCUT2D eigenvalue weighted by molar-refractivity contribution is 9.10. The number of hydrogen-bond donors (Lipinski definition) is 4. The van der Waals surface area contributed by atoms with E-state index in [2.05, 4.69) is 31.8 Å². The van der Waals surface area contributed by atoms with Gasteiger partial charge in [0.2, 0.25) is 5.11 Å². The van der Waals surface area contributed by atoms with Crippen molar-refractivity contribution >= 4 is 45.2 Å². The summed E-state index contributed by atoms with van der Waals surface area (Å²) in [5, 5.41) is 16.1. The second-order valence-electron chi connectivity index (χ2n) is 4.29. The molecular formula is C15H15BrN3O2S+. The molecule has 22 heavy (non-hydrogen) atoms. The summed E-state index contributed by atoms with van der Waals surface area (Å²) >= 11 is 8.43. The van der Waals surface area contributed by atoms with Crippen LogP contribution in [0.25, 0.3) is 0 Å². The van der Waals surface area contributed by atoms with Gasteiger partial charge < -0.3 is 15.2 Å². The molecule has 0 saturated heterocycles. The molecule has 0 aromatic heterocycles. The third-order valence-electron chi connectivity index (χ3n) is 2.73. The SMILES string of the molecule is COc1cc(/C=[NH+]/NC(=S)Nc2ccccc2)cc(Br)c1O. The van der Waals surface area contributed by atoms with Gasteiger partial charge in [0.15, 0.2) is 17.7 Å². The summed E-state index contributed by atoms with van der Waals surface area (Å²) in [7, 11) is 1.50. The zero-order valence-corrected chi connectivity index (χ0v) is 14.2. The minimum absolute atomic E-state index is 0.0638. The van der Waals surface area contributed by atoms with E-state index in [1.54, 1.807) is 18.3 Å². The molecular weight excluding hydrogens is 366 g/mol. The van der Waals surface area contributed by atoms with Crippen molar-refractivity contribution < 1.29 is 14.9 Å². The van der Waals surface area contributed by atoms with Crippen molar-refractivity contribution in [1.82, 2.24) is 5.43 Å². The number of anilines is 1. The number of ether oxygens (including phenoxy) is 1. The molecule has 0 aliphatic heterocycles. The van der Waals surface area contributed by atoms with Gasteiger partial charge in [0.1, 0.15) is 0 Å². The number of benzene rings is 2. The fourth-order valence-electron chi connectivity index (χ4n) is 1.70. The minimum Gasteiger partial charge on any atom is -0.503 e. The highest BCUT2D eigenvalue weighted by atomic mass is 79.9. The first kappa shape index (κ1) is 16.3. The predicted molar refractivity (Wildman–Crippen MR) is 94.3 cm³/mol. The van der Waals surface area contributed by atoms with Crippen LogP contribution in [0, 0.1) is 0 Å². The van der Waals surface area contributed by atoms with Gasteiger partial charge in [-0.15, -0.1) is 10.5 Å². The van der Waals surface area contributed by atoms with E-state index in [0.717, 1.165) is 11.3 Å². The quantitative estimate of drug-likeness (QED) is 0.368. The average molecular weight is 381 g/mol. The molecule has 0 aliphatic carbocycles. The summed E-state index contributed by atoms with van der Waals surface area (Å²) in [4.78, 5) is 0. The molecule has 2 aromatic rings. The van der Waals surface area contributed by atoms with Crippen LogP contribution in [0.2, 0.25) is 0 Å². The van der Waals surface area contributed by atoms with Crippen LogP contribution in [0.15, 0.2) is 46.9 Å². The molecule has 114 valence electrons. The third kappa shape index (κ3) is 4.44. The van der Waals surface area contributed by atoms with E-state index in [-0.39, 0.29) is 5.75 Å². The first-order valence-corrected chi connectivity index (χ1v) is 7.57. The van der Waals surface area contributed by atoms with Gasteiger partial charge in [-0.3, -0.25) is 0 Å². The Hall–Kier alpha value is -2.12. The maximum absolute atomic E-state index is 9.75. The molecule has 0 unspecified atom stereocenters. The number of rotatable bonds is 4. The van der Waals surface area contributed by atoms with E-state index in [4.69, 9.17) is 17.0 Å². The second kappa shape index (κ2) is 7.77. The van der Waals surface area contributed by atoms with Crippen LogP contribution in [0.3, 0.4) is 0 Å². The summed E-state index contributed by atoms with van der Waals surface area (Å²) in [6, 6.07) is 13.1. The van der Waals surface area contributed by atoms with Crippen molar-refractivity contribution in [3.63, 3.8) is 0 Å². The zero-order chi connectivity index (χ0) is 15.9. The van der Waals surface area contributed by atoms with Crippen molar-refractivity contribution in [2.75, 3.05) is 12.4 Å². The fourth-order valence-corrected chi connectivity index (χ4v) is 2.34. The number of thiocarbonyl (C=S) groups is 1. The largest absolute Gasteiger partial charge is 0.503 e. The van der Waals surface area contributed by atoms with Crippen molar-refractivity contribution in [2.24, 2.45) is 0 Å². The molecule has 0 aliphatic rings. The number of hydrogen-bond acceptors (Lipinski definition) is 3. The molecule has 0 amide bonds. The van der Waals surface area contributed by atoms with E-state index >= 15 is 0 Å². The second-order valence-corrected chi connectivity index (χ2v) is 5.55. The lowest BCUT2D eigenvalue weighted by molar-refractivity contribution is -0.499. The monoisotopic (exact) mass is 380 g/mol. The zero-order valence-electron chi connectivity index (χ0n) is 11.8. The number of para-hydroxylation sites is 1. The highest BCUT2D eigenvalue weighted by Crippen LogP contribution is 2.34. The lowest BCUT2D eigenvalue weighted by Gasteiger charge is -2.05.